The van der Waals surface area contributed by atoms with E-state index >= 15 is 0 Å². The van der Waals surface area contributed by atoms with Gasteiger partial charge in [0.2, 0.25) is 5.88 Å². The Kier molecular flexibility index (Phi) is 8.44. The minimum atomic E-state index is -1.07. The lowest BCUT2D eigenvalue weighted by Gasteiger charge is -2.23. The first-order valence-corrected chi connectivity index (χ1v) is 13.8. The third-order valence-electron chi connectivity index (χ3n) is 7.22. The zero-order chi connectivity index (χ0) is 29.4. The van der Waals surface area contributed by atoms with Crippen LogP contribution in [0.4, 0.5) is 10.1 Å². The number of rotatable bonds is 7. The highest BCUT2D eigenvalue weighted by Gasteiger charge is 2.49. The number of anilines is 1. The van der Waals surface area contributed by atoms with Gasteiger partial charge in [-0.25, -0.2) is 9.37 Å². The number of allylic oxidation sites excluding steroid dienone is 2. The molecule has 3 aromatic rings. The Morgan fingerprint density at radius 1 is 1.27 bits per heavy atom. The van der Waals surface area contributed by atoms with E-state index in [0.717, 1.165) is 5.57 Å². The molecular weight excluding hydrogens is 537 g/mol. The molecule has 3 unspecified atom stereocenters. The van der Waals surface area contributed by atoms with Crippen molar-refractivity contribution in [2.75, 3.05) is 11.9 Å². The number of ether oxygens (including phenoxy) is 1. The molecule has 5 rings (SSSR count). The van der Waals surface area contributed by atoms with Crippen LogP contribution in [0.3, 0.4) is 0 Å². The van der Waals surface area contributed by atoms with Gasteiger partial charge in [-0.15, -0.1) is 5.10 Å². The molecule has 40 heavy (non-hydrogen) atoms. The summed E-state index contributed by atoms with van der Waals surface area (Å²) in [6.45, 7) is 7.40. The van der Waals surface area contributed by atoms with Crippen molar-refractivity contribution in [3.63, 3.8) is 0 Å². The van der Waals surface area contributed by atoms with Crippen LogP contribution >= 0.6 is 11.6 Å². The number of imidazole rings is 1. The van der Waals surface area contributed by atoms with Crippen LogP contribution in [0, 0.1) is 17.7 Å². The molecule has 1 aromatic carbocycles. The summed E-state index contributed by atoms with van der Waals surface area (Å²) >= 11 is 5.86. The molecule has 3 N–H and O–H groups in total. The molecule has 0 saturated heterocycles. The lowest BCUT2D eigenvalue weighted by molar-refractivity contribution is 0.0266. The monoisotopic (exact) mass is 573 g/mol. The van der Waals surface area contributed by atoms with Gasteiger partial charge < -0.3 is 24.8 Å². The van der Waals surface area contributed by atoms with E-state index in [2.05, 4.69) is 21.5 Å². The molecule has 0 radical (unpaired) electrons. The van der Waals surface area contributed by atoms with Crippen LogP contribution in [0.25, 0.3) is 5.57 Å². The Morgan fingerprint density at radius 3 is 2.65 bits per heavy atom. The van der Waals surface area contributed by atoms with E-state index in [4.69, 9.17) is 16.3 Å². The van der Waals surface area contributed by atoms with Crippen LogP contribution in [-0.4, -0.2) is 47.7 Å². The molecule has 9 nitrogen and oxygen atoms in total. The molecule has 1 amide bonds. The maximum atomic E-state index is 13.5. The van der Waals surface area contributed by atoms with Crippen LogP contribution in [0.5, 0.6) is 5.88 Å². The molecule has 2 aliphatic carbocycles. The van der Waals surface area contributed by atoms with E-state index in [-0.39, 0.29) is 29.4 Å². The number of aryl methyl sites for hydroxylation is 2. The molecule has 1 saturated carbocycles. The van der Waals surface area contributed by atoms with Crippen molar-refractivity contribution in [2.45, 2.75) is 58.2 Å². The second-order valence-electron chi connectivity index (χ2n) is 11.0. The fourth-order valence-corrected chi connectivity index (χ4v) is 5.71. The van der Waals surface area contributed by atoms with Crippen LogP contribution in [0.15, 0.2) is 36.7 Å². The number of nitrogens with zero attached hydrogens (tertiary/aromatic N) is 4. The van der Waals surface area contributed by atoms with Gasteiger partial charge >= 0.3 is 0 Å². The van der Waals surface area contributed by atoms with Gasteiger partial charge in [-0.3, -0.25) is 9.48 Å². The van der Waals surface area contributed by atoms with E-state index in [0.29, 0.717) is 47.9 Å². The number of hydrogen-bond acceptors (Lipinski definition) is 6. The summed E-state index contributed by atoms with van der Waals surface area (Å²) in [6.07, 6.45) is 5.42. The number of benzene rings is 1. The second kappa shape index (κ2) is 11.3. The number of aromatic nitrogens is 4. The Hall–Kier alpha value is -3.21. The van der Waals surface area contributed by atoms with Crippen molar-refractivity contribution < 1.29 is 24.1 Å². The van der Waals surface area contributed by atoms with Crippen LogP contribution in [0.1, 0.15) is 68.8 Å². The molecule has 3 atom stereocenters. The van der Waals surface area contributed by atoms with Crippen molar-refractivity contribution in [2.24, 2.45) is 25.9 Å². The quantitative estimate of drug-likeness (QED) is 0.363. The lowest BCUT2D eigenvalue weighted by atomic mass is 9.93. The molecule has 11 heteroatoms. The highest BCUT2D eigenvalue weighted by Crippen LogP contribution is 2.53. The molecule has 2 aliphatic rings. The summed E-state index contributed by atoms with van der Waals surface area (Å²) in [5.41, 5.74) is 0.950. The molecule has 0 spiro atoms. The summed E-state index contributed by atoms with van der Waals surface area (Å²) in [4.78, 5) is 17.7. The number of carbonyl (C=O) groups excluding carboxylic acids is 1. The summed E-state index contributed by atoms with van der Waals surface area (Å²) in [5.74, 6) is -0.278. The van der Waals surface area contributed by atoms with Crippen molar-refractivity contribution in [3.05, 3.63) is 64.6 Å². The molecule has 216 valence electrons. The summed E-state index contributed by atoms with van der Waals surface area (Å²) in [6, 6.07) is 5.76. The van der Waals surface area contributed by atoms with E-state index < -0.39 is 17.0 Å². The Balaban J connectivity index is 0.00000181. The predicted molar refractivity (Wildman–Crippen MR) is 152 cm³/mol. The number of carbonyl (C=O) groups is 1. The van der Waals surface area contributed by atoms with Gasteiger partial charge in [-0.05, 0) is 68.7 Å². The molecule has 1 fully saturated rings. The zero-order valence-corrected chi connectivity index (χ0v) is 24.5. The normalized spacial score (nSPS) is 21.9. The van der Waals surface area contributed by atoms with Gasteiger partial charge in [-0.1, -0.05) is 31.5 Å². The minimum Gasteiger partial charge on any atom is -0.474 e. The second-order valence-corrected chi connectivity index (χ2v) is 11.4. The van der Waals surface area contributed by atoms with Gasteiger partial charge in [-0.2, -0.15) is 0 Å². The van der Waals surface area contributed by atoms with Gasteiger partial charge in [0, 0.05) is 25.8 Å². The highest BCUT2D eigenvalue weighted by atomic mass is 35.5. The van der Waals surface area contributed by atoms with Crippen molar-refractivity contribution >= 4 is 28.8 Å². The van der Waals surface area contributed by atoms with E-state index in [1.54, 1.807) is 49.6 Å². The van der Waals surface area contributed by atoms with Crippen molar-refractivity contribution in [3.8, 4) is 5.88 Å². The number of aliphatic hydroxyl groups is 2. The molecule has 0 aliphatic heterocycles. The average Bonchev–Trinajstić information content (AvgIpc) is 3.62. The topological polar surface area (TPSA) is 114 Å². The third-order valence-corrected chi connectivity index (χ3v) is 7.51. The summed E-state index contributed by atoms with van der Waals surface area (Å²) in [7, 11) is 3.52. The number of nitrogens with one attached hydrogen (secondary N) is 1. The molecular formula is C29H37ClFN5O4. The van der Waals surface area contributed by atoms with Crippen molar-refractivity contribution in [1.82, 2.24) is 19.3 Å². The van der Waals surface area contributed by atoms with Gasteiger partial charge in [0.25, 0.3) is 5.91 Å². The molecule has 0 bridgehead atoms. The van der Waals surface area contributed by atoms with Gasteiger partial charge in [0.1, 0.15) is 23.7 Å². The maximum absolute atomic E-state index is 13.5. The molecule has 2 aromatic heterocycles. The number of hydrogen-bond donors (Lipinski definition) is 3. The summed E-state index contributed by atoms with van der Waals surface area (Å²) < 4.78 is 22.4. The first kappa shape index (κ1) is 29.8. The number of halogens is 2. The standard InChI is InChI=1S/C27H31ClFN5O4.C2H6/c1-26(2,36)13-38-22-10-21(34(4)32-22)27(37)11-16-7-15(8-17(16)12-27)23-24(33(3)14-30-23)25(35)31-18-5-6-20(29)19(28)9-18;1-2/h5-7,9-10,14,16-17,36-37H,8,11-13H2,1-4H3,(H,31,35);1-2H3. The fourth-order valence-electron chi connectivity index (χ4n) is 5.53. The van der Waals surface area contributed by atoms with E-state index in [1.807, 2.05) is 13.8 Å². The SMILES string of the molecule is CC.Cn1cnc(C2=CC3CC(O)(c4cc(OCC(C)(C)O)nn4C)CC3C2)c1C(=O)Nc1ccc(F)c(Cl)c1. The smallest absolute Gasteiger partial charge is 0.274 e. The Morgan fingerprint density at radius 2 is 2.00 bits per heavy atom. The van der Waals surface area contributed by atoms with E-state index in [9.17, 15) is 19.4 Å². The highest BCUT2D eigenvalue weighted by molar-refractivity contribution is 6.31. The number of amides is 1. The minimum absolute atomic E-state index is 0.0730. The predicted octanol–water partition coefficient (Wildman–Crippen LogP) is 5.08. The fraction of sp³-hybridized carbons (Fsp3) is 0.483. The summed E-state index contributed by atoms with van der Waals surface area (Å²) in [5, 5.41) is 28.6. The van der Waals surface area contributed by atoms with Crippen LogP contribution < -0.4 is 10.1 Å². The van der Waals surface area contributed by atoms with Crippen LogP contribution in [-0.2, 0) is 19.7 Å². The lowest BCUT2D eigenvalue weighted by Crippen LogP contribution is -2.28. The van der Waals surface area contributed by atoms with Crippen LogP contribution in [0.2, 0.25) is 5.02 Å². The van der Waals surface area contributed by atoms with E-state index in [1.165, 1.54) is 18.2 Å². The first-order chi connectivity index (χ1) is 18.8. The Bertz CT molecular complexity index is 1430. The first-order valence-electron chi connectivity index (χ1n) is 13.4. The van der Waals surface area contributed by atoms with Gasteiger partial charge in [0.15, 0.2) is 0 Å². The number of fused-ring (bicyclic) bond motifs is 1. The zero-order valence-electron chi connectivity index (χ0n) is 23.7. The third kappa shape index (κ3) is 6.09. The Labute approximate surface area is 238 Å². The van der Waals surface area contributed by atoms with Crippen molar-refractivity contribution in [1.29, 1.82) is 0 Å². The maximum Gasteiger partial charge on any atom is 0.274 e. The average molecular weight is 574 g/mol. The largest absolute Gasteiger partial charge is 0.474 e. The molecule has 2 heterocycles. The van der Waals surface area contributed by atoms with Gasteiger partial charge in [0.05, 0.1) is 28.3 Å².